The topological polar surface area (TPSA) is 86.5 Å². The highest BCUT2D eigenvalue weighted by Crippen LogP contribution is 2.45. The van der Waals surface area contributed by atoms with Crippen molar-refractivity contribution < 1.29 is 19.4 Å². The van der Waals surface area contributed by atoms with Gasteiger partial charge in [-0.2, -0.15) is 0 Å². The van der Waals surface area contributed by atoms with Gasteiger partial charge < -0.3 is 14.6 Å². The Kier molecular flexibility index (Phi) is 5.28. The third kappa shape index (κ3) is 3.47. The summed E-state index contributed by atoms with van der Waals surface area (Å²) in [6.45, 7) is 1.17. The normalized spacial score (nSPS) is 27.5. The van der Waals surface area contributed by atoms with Crippen molar-refractivity contribution in [3.05, 3.63) is 48.2 Å². The standard InChI is InChI=1S/C21H25N3O4/c1-27-20(26)16-8-6-15(7-9-16)17-13-24(23-22-17)18-5-4-11-21(19(18)25)10-2-3-12-28-14-21/h2-3,6-9,13,18-19,25H,4-5,10-12,14H2,1H3/t18-,19+,21+/m1/s1. The van der Waals surface area contributed by atoms with Crippen LogP contribution in [0.5, 0.6) is 0 Å². The first kappa shape index (κ1) is 18.8. The quantitative estimate of drug-likeness (QED) is 0.648. The molecule has 28 heavy (non-hydrogen) atoms. The number of methoxy groups -OCH3 is 1. The average Bonchev–Trinajstić information content (AvgIpc) is 3.10. The Morgan fingerprint density at radius 2 is 2.14 bits per heavy atom. The van der Waals surface area contributed by atoms with Crippen molar-refractivity contribution in [2.45, 2.75) is 37.8 Å². The summed E-state index contributed by atoms with van der Waals surface area (Å²) >= 11 is 0. The molecular formula is C21H25N3O4. The van der Waals surface area contributed by atoms with Gasteiger partial charge in [-0.3, -0.25) is 0 Å². The number of aliphatic hydroxyl groups excluding tert-OH is 1. The summed E-state index contributed by atoms with van der Waals surface area (Å²) in [5, 5.41) is 19.8. The van der Waals surface area contributed by atoms with E-state index in [1.807, 2.05) is 24.4 Å². The predicted molar refractivity (Wildman–Crippen MR) is 103 cm³/mol. The van der Waals surface area contributed by atoms with Gasteiger partial charge in [0.25, 0.3) is 0 Å². The molecule has 0 saturated heterocycles. The van der Waals surface area contributed by atoms with E-state index in [1.165, 1.54) is 7.11 Å². The van der Waals surface area contributed by atoms with Gasteiger partial charge in [0.1, 0.15) is 5.69 Å². The van der Waals surface area contributed by atoms with Gasteiger partial charge in [0, 0.05) is 11.0 Å². The Labute approximate surface area is 164 Å². The zero-order valence-corrected chi connectivity index (χ0v) is 16.0. The summed E-state index contributed by atoms with van der Waals surface area (Å²) in [5.41, 5.74) is 1.80. The van der Waals surface area contributed by atoms with Gasteiger partial charge in [0.15, 0.2) is 0 Å². The fourth-order valence-corrected chi connectivity index (χ4v) is 4.28. The van der Waals surface area contributed by atoms with Crippen molar-refractivity contribution in [3.8, 4) is 11.3 Å². The van der Waals surface area contributed by atoms with Crippen LogP contribution >= 0.6 is 0 Å². The highest BCUT2D eigenvalue weighted by atomic mass is 16.5. The maximum atomic E-state index is 11.6. The molecular weight excluding hydrogens is 358 g/mol. The minimum Gasteiger partial charge on any atom is -0.465 e. The Hall–Kier alpha value is -2.51. The number of benzene rings is 1. The summed E-state index contributed by atoms with van der Waals surface area (Å²) in [6.07, 6.45) is 9.12. The van der Waals surface area contributed by atoms with Crippen LogP contribution in [0.3, 0.4) is 0 Å². The molecule has 1 saturated carbocycles. The molecule has 1 aromatic heterocycles. The SMILES string of the molecule is COC(=O)c1ccc(-c2cn([C@@H]3CCC[C@]4(CC=CCOC4)[C@H]3O)nn2)cc1. The van der Waals surface area contributed by atoms with Crippen LogP contribution in [0.15, 0.2) is 42.6 Å². The maximum Gasteiger partial charge on any atom is 0.337 e. The van der Waals surface area contributed by atoms with E-state index >= 15 is 0 Å². The lowest BCUT2D eigenvalue weighted by Gasteiger charge is -2.44. The second-order valence-electron chi connectivity index (χ2n) is 7.61. The number of allylic oxidation sites excluding steroid dienone is 1. The molecule has 7 nitrogen and oxygen atoms in total. The average molecular weight is 383 g/mol. The van der Waals surface area contributed by atoms with Crippen LogP contribution in [-0.4, -0.2) is 52.5 Å². The fourth-order valence-electron chi connectivity index (χ4n) is 4.28. The zero-order chi connectivity index (χ0) is 19.6. The third-order valence-corrected chi connectivity index (χ3v) is 5.91. The molecule has 1 fully saturated rings. The van der Waals surface area contributed by atoms with E-state index in [1.54, 1.807) is 16.8 Å². The van der Waals surface area contributed by atoms with E-state index in [0.717, 1.165) is 31.2 Å². The van der Waals surface area contributed by atoms with Gasteiger partial charge in [-0.1, -0.05) is 35.9 Å². The van der Waals surface area contributed by atoms with Crippen LogP contribution in [0.2, 0.25) is 0 Å². The molecule has 0 amide bonds. The van der Waals surface area contributed by atoms with Crippen LogP contribution in [0, 0.1) is 5.41 Å². The van der Waals surface area contributed by atoms with Crippen molar-refractivity contribution in [2.75, 3.05) is 20.3 Å². The number of hydrogen-bond acceptors (Lipinski definition) is 6. The number of hydrogen-bond donors (Lipinski definition) is 1. The lowest BCUT2D eigenvalue weighted by atomic mass is 9.68. The lowest BCUT2D eigenvalue weighted by Crippen LogP contribution is -2.47. The number of rotatable bonds is 3. The van der Waals surface area contributed by atoms with Gasteiger partial charge in [-0.15, -0.1) is 5.10 Å². The van der Waals surface area contributed by atoms with Gasteiger partial charge in [0.2, 0.25) is 0 Å². The Morgan fingerprint density at radius 1 is 1.32 bits per heavy atom. The van der Waals surface area contributed by atoms with E-state index in [2.05, 4.69) is 16.4 Å². The van der Waals surface area contributed by atoms with E-state index in [4.69, 9.17) is 9.47 Å². The molecule has 2 heterocycles. The summed E-state index contributed by atoms with van der Waals surface area (Å²) in [6, 6.07) is 6.94. The molecule has 4 rings (SSSR count). The summed E-state index contributed by atoms with van der Waals surface area (Å²) in [7, 11) is 1.36. The van der Waals surface area contributed by atoms with Gasteiger partial charge >= 0.3 is 5.97 Å². The van der Waals surface area contributed by atoms with E-state index in [9.17, 15) is 9.90 Å². The number of carbonyl (C=O) groups is 1. The second kappa shape index (κ2) is 7.85. The highest BCUT2D eigenvalue weighted by Gasteiger charge is 2.45. The number of esters is 1. The molecule has 2 aliphatic rings. The number of carbonyl (C=O) groups excluding carboxylic acids is 1. The molecule has 7 heteroatoms. The maximum absolute atomic E-state index is 11.6. The minimum absolute atomic E-state index is 0.126. The summed E-state index contributed by atoms with van der Waals surface area (Å²) < 4.78 is 12.2. The van der Waals surface area contributed by atoms with Crippen molar-refractivity contribution in [2.24, 2.45) is 5.41 Å². The molecule has 148 valence electrons. The van der Waals surface area contributed by atoms with Crippen LogP contribution in [0.1, 0.15) is 42.1 Å². The third-order valence-electron chi connectivity index (χ3n) is 5.91. The zero-order valence-electron chi connectivity index (χ0n) is 16.0. The van der Waals surface area contributed by atoms with Crippen molar-refractivity contribution in [1.29, 1.82) is 0 Å². The smallest absolute Gasteiger partial charge is 0.337 e. The summed E-state index contributed by atoms with van der Waals surface area (Å²) in [4.78, 5) is 11.6. The minimum atomic E-state index is -0.541. The number of ether oxygens (including phenoxy) is 2. The van der Waals surface area contributed by atoms with Crippen molar-refractivity contribution in [1.82, 2.24) is 15.0 Å². The predicted octanol–water partition coefficient (Wildman–Crippen LogP) is 2.78. The molecule has 1 aliphatic heterocycles. The molecule has 1 spiro atoms. The number of aliphatic hydroxyl groups is 1. The first-order valence-electron chi connectivity index (χ1n) is 9.64. The molecule has 0 radical (unpaired) electrons. The fraction of sp³-hybridized carbons (Fsp3) is 0.476. The van der Waals surface area contributed by atoms with Crippen LogP contribution in [-0.2, 0) is 9.47 Å². The van der Waals surface area contributed by atoms with Gasteiger partial charge in [0.05, 0.1) is 44.2 Å². The number of nitrogens with zero attached hydrogens (tertiary/aromatic N) is 3. The van der Waals surface area contributed by atoms with Crippen molar-refractivity contribution >= 4 is 5.97 Å². The Bertz CT molecular complexity index is 861. The monoisotopic (exact) mass is 383 g/mol. The van der Waals surface area contributed by atoms with Gasteiger partial charge in [-0.05, 0) is 31.4 Å². The molecule has 3 atom stereocenters. The molecule has 1 aliphatic carbocycles. The van der Waals surface area contributed by atoms with Crippen LogP contribution < -0.4 is 0 Å². The summed E-state index contributed by atoms with van der Waals surface area (Å²) in [5.74, 6) is -0.370. The molecule has 1 aromatic carbocycles. The Balaban J connectivity index is 1.55. The van der Waals surface area contributed by atoms with Crippen LogP contribution in [0.4, 0.5) is 0 Å². The van der Waals surface area contributed by atoms with E-state index in [0.29, 0.717) is 24.5 Å². The second-order valence-corrected chi connectivity index (χ2v) is 7.61. The highest BCUT2D eigenvalue weighted by molar-refractivity contribution is 5.89. The largest absolute Gasteiger partial charge is 0.465 e. The first-order valence-corrected chi connectivity index (χ1v) is 9.64. The lowest BCUT2D eigenvalue weighted by molar-refractivity contribution is -0.0875. The molecule has 0 unspecified atom stereocenters. The van der Waals surface area contributed by atoms with Gasteiger partial charge in [-0.25, -0.2) is 9.48 Å². The van der Waals surface area contributed by atoms with E-state index in [-0.39, 0.29) is 17.4 Å². The Morgan fingerprint density at radius 3 is 2.93 bits per heavy atom. The molecule has 2 aromatic rings. The molecule has 0 bridgehead atoms. The van der Waals surface area contributed by atoms with Crippen LogP contribution in [0.25, 0.3) is 11.3 Å². The molecule has 1 N–H and O–H groups in total. The first-order chi connectivity index (χ1) is 13.6. The van der Waals surface area contributed by atoms with E-state index < -0.39 is 6.10 Å². The number of aromatic nitrogens is 3. The van der Waals surface area contributed by atoms with Crippen molar-refractivity contribution in [3.63, 3.8) is 0 Å².